The maximum absolute atomic E-state index is 12.8. The van der Waals surface area contributed by atoms with Gasteiger partial charge in [0.15, 0.2) is 0 Å². The van der Waals surface area contributed by atoms with E-state index < -0.39 is 6.03 Å². The molecule has 1 fully saturated rings. The molecule has 0 atom stereocenters. The summed E-state index contributed by atoms with van der Waals surface area (Å²) >= 11 is 6.13. The number of benzene rings is 2. The second-order valence-electron chi connectivity index (χ2n) is 7.06. The van der Waals surface area contributed by atoms with Crippen molar-refractivity contribution in [2.75, 3.05) is 23.7 Å². The van der Waals surface area contributed by atoms with Gasteiger partial charge in [-0.25, -0.2) is 4.79 Å². The molecule has 2 heterocycles. The number of amides is 5. The van der Waals surface area contributed by atoms with E-state index in [1.165, 1.54) is 0 Å². The van der Waals surface area contributed by atoms with Crippen LogP contribution in [0.4, 0.5) is 16.2 Å². The number of halogens is 1. The fraction of sp³-hybridized carbons (Fsp3) is 0.136. The molecular weight excluding hydrogens is 434 g/mol. The lowest BCUT2D eigenvalue weighted by Crippen LogP contribution is -2.33. The number of nitrogens with zero attached hydrogens (tertiary/aromatic N) is 2. The molecule has 1 aliphatic rings. The van der Waals surface area contributed by atoms with E-state index in [-0.39, 0.29) is 37.2 Å². The Labute approximate surface area is 187 Å². The smallest absolute Gasteiger partial charge is 0.324 e. The van der Waals surface area contributed by atoms with Crippen molar-refractivity contribution in [3.05, 3.63) is 65.3 Å². The van der Waals surface area contributed by atoms with Crippen LogP contribution in [0.25, 0.3) is 10.9 Å². The molecule has 0 unspecified atom stereocenters. The molecule has 4 rings (SSSR count). The number of anilines is 2. The normalized spacial score (nSPS) is 13.2. The SMILES string of the molecule is O=C(CCN1C(=O)CNC1=O)Nc1ccc(NC(=O)c2cc(Cl)cc3cccnc23)cc1. The van der Waals surface area contributed by atoms with E-state index in [4.69, 9.17) is 11.6 Å². The van der Waals surface area contributed by atoms with Crippen molar-refractivity contribution in [2.45, 2.75) is 6.42 Å². The Morgan fingerprint density at radius 2 is 1.78 bits per heavy atom. The van der Waals surface area contributed by atoms with Gasteiger partial charge in [-0.3, -0.25) is 24.3 Å². The molecule has 0 aliphatic carbocycles. The van der Waals surface area contributed by atoms with Crippen molar-refractivity contribution >= 4 is 57.6 Å². The lowest BCUT2D eigenvalue weighted by Gasteiger charge is -2.12. The number of carbonyl (C=O) groups is 4. The Morgan fingerprint density at radius 1 is 1.06 bits per heavy atom. The molecule has 0 radical (unpaired) electrons. The van der Waals surface area contributed by atoms with E-state index in [0.29, 0.717) is 27.5 Å². The number of rotatable bonds is 6. The Hall–Kier alpha value is -3.98. The summed E-state index contributed by atoms with van der Waals surface area (Å²) < 4.78 is 0. The van der Waals surface area contributed by atoms with E-state index in [2.05, 4.69) is 20.9 Å². The van der Waals surface area contributed by atoms with Gasteiger partial charge in [0.25, 0.3) is 5.91 Å². The van der Waals surface area contributed by atoms with Gasteiger partial charge in [0, 0.05) is 40.9 Å². The third kappa shape index (κ3) is 4.68. The first-order chi connectivity index (χ1) is 15.4. The van der Waals surface area contributed by atoms with Gasteiger partial charge in [-0.1, -0.05) is 17.7 Å². The fourth-order valence-corrected chi connectivity index (χ4v) is 3.51. The molecule has 1 aromatic heterocycles. The minimum Gasteiger partial charge on any atom is -0.329 e. The standard InChI is InChI=1S/C22H18ClN5O4/c23-14-10-13-2-1-8-24-20(13)17(11-14)21(31)27-16-5-3-15(4-6-16)26-18(29)7-9-28-19(30)12-25-22(28)32/h1-6,8,10-11H,7,9,12H2,(H,25,32)(H,26,29)(H,27,31). The highest BCUT2D eigenvalue weighted by atomic mass is 35.5. The molecule has 0 saturated carbocycles. The third-order valence-electron chi connectivity index (χ3n) is 4.84. The molecule has 9 nitrogen and oxygen atoms in total. The summed E-state index contributed by atoms with van der Waals surface area (Å²) in [6, 6.07) is 13.0. The van der Waals surface area contributed by atoms with Gasteiger partial charge in [-0.2, -0.15) is 0 Å². The van der Waals surface area contributed by atoms with Gasteiger partial charge in [-0.05, 0) is 42.5 Å². The average molecular weight is 452 g/mol. The fourth-order valence-electron chi connectivity index (χ4n) is 3.28. The number of hydrogen-bond donors (Lipinski definition) is 3. The number of imide groups is 1. The van der Waals surface area contributed by atoms with Crippen molar-refractivity contribution in [1.82, 2.24) is 15.2 Å². The number of nitrogens with one attached hydrogen (secondary N) is 3. The summed E-state index contributed by atoms with van der Waals surface area (Å²) in [5.74, 6) is -1.06. The predicted octanol–water partition coefficient (Wildman–Crippen LogP) is 3.02. The van der Waals surface area contributed by atoms with Crippen molar-refractivity contribution < 1.29 is 19.2 Å². The predicted molar refractivity (Wildman–Crippen MR) is 120 cm³/mol. The summed E-state index contributed by atoms with van der Waals surface area (Å²) in [6.45, 7) is -0.0407. The highest BCUT2D eigenvalue weighted by Crippen LogP contribution is 2.23. The molecule has 3 aromatic rings. The van der Waals surface area contributed by atoms with Crippen molar-refractivity contribution in [2.24, 2.45) is 0 Å². The average Bonchev–Trinajstić information content (AvgIpc) is 3.10. The molecule has 162 valence electrons. The van der Waals surface area contributed by atoms with Crippen molar-refractivity contribution in [3.8, 4) is 0 Å². The van der Waals surface area contributed by atoms with Gasteiger partial charge < -0.3 is 16.0 Å². The molecule has 1 aliphatic heterocycles. The van der Waals surface area contributed by atoms with E-state index in [0.717, 1.165) is 10.3 Å². The summed E-state index contributed by atoms with van der Waals surface area (Å²) in [6.07, 6.45) is 1.59. The first-order valence-corrected chi connectivity index (χ1v) is 10.1. The number of aromatic nitrogens is 1. The third-order valence-corrected chi connectivity index (χ3v) is 5.06. The number of hydrogen-bond acceptors (Lipinski definition) is 5. The monoisotopic (exact) mass is 451 g/mol. The zero-order chi connectivity index (χ0) is 22.7. The molecule has 1 saturated heterocycles. The topological polar surface area (TPSA) is 121 Å². The Balaban J connectivity index is 1.37. The minimum absolute atomic E-state index is 0.00622. The van der Waals surface area contributed by atoms with E-state index in [9.17, 15) is 19.2 Å². The highest BCUT2D eigenvalue weighted by molar-refractivity contribution is 6.32. The number of urea groups is 1. The van der Waals surface area contributed by atoms with Gasteiger partial charge in [0.2, 0.25) is 11.8 Å². The summed E-state index contributed by atoms with van der Waals surface area (Å²) in [5, 5.41) is 9.07. The van der Waals surface area contributed by atoms with Crippen LogP contribution in [0.1, 0.15) is 16.8 Å². The first-order valence-electron chi connectivity index (χ1n) is 9.74. The molecule has 32 heavy (non-hydrogen) atoms. The largest absolute Gasteiger partial charge is 0.329 e. The molecule has 2 aromatic carbocycles. The maximum atomic E-state index is 12.8. The Kier molecular flexibility index (Phi) is 6.00. The highest BCUT2D eigenvalue weighted by Gasteiger charge is 2.28. The quantitative estimate of drug-likeness (QED) is 0.497. The van der Waals surface area contributed by atoms with Crippen molar-refractivity contribution in [3.63, 3.8) is 0 Å². The summed E-state index contributed by atoms with van der Waals surface area (Å²) in [4.78, 5) is 53.2. The van der Waals surface area contributed by atoms with Crippen LogP contribution in [-0.4, -0.2) is 46.7 Å². The zero-order valence-corrected chi connectivity index (χ0v) is 17.5. The van der Waals surface area contributed by atoms with Crippen LogP contribution >= 0.6 is 11.6 Å². The number of carbonyl (C=O) groups excluding carboxylic acids is 4. The number of fused-ring (bicyclic) bond motifs is 1. The lowest BCUT2D eigenvalue weighted by molar-refractivity contribution is -0.125. The van der Waals surface area contributed by atoms with Crippen molar-refractivity contribution in [1.29, 1.82) is 0 Å². The van der Waals surface area contributed by atoms with Crippen LogP contribution in [0, 0.1) is 0 Å². The molecule has 0 bridgehead atoms. The van der Waals surface area contributed by atoms with Crippen LogP contribution in [0.2, 0.25) is 5.02 Å². The van der Waals surface area contributed by atoms with Gasteiger partial charge in [0.1, 0.15) is 0 Å². The Morgan fingerprint density at radius 3 is 2.47 bits per heavy atom. The Bertz CT molecular complexity index is 1210. The van der Waals surface area contributed by atoms with Crippen LogP contribution in [-0.2, 0) is 9.59 Å². The van der Waals surface area contributed by atoms with E-state index in [1.54, 1.807) is 48.7 Å². The van der Waals surface area contributed by atoms with E-state index >= 15 is 0 Å². The second kappa shape index (κ2) is 9.03. The van der Waals surface area contributed by atoms with Gasteiger partial charge in [0.05, 0.1) is 17.6 Å². The van der Waals surface area contributed by atoms with E-state index in [1.807, 2.05) is 6.07 Å². The molecule has 5 amide bonds. The first kappa shape index (κ1) is 21.3. The molecule has 0 spiro atoms. The van der Waals surface area contributed by atoms with Gasteiger partial charge >= 0.3 is 6.03 Å². The molecular formula is C22H18ClN5O4. The maximum Gasteiger partial charge on any atom is 0.324 e. The minimum atomic E-state index is -0.495. The van der Waals surface area contributed by atoms with Crippen LogP contribution < -0.4 is 16.0 Å². The molecule has 10 heteroatoms. The molecule has 3 N–H and O–H groups in total. The summed E-state index contributed by atoms with van der Waals surface area (Å²) in [7, 11) is 0. The van der Waals surface area contributed by atoms with Crippen LogP contribution in [0.3, 0.4) is 0 Å². The lowest BCUT2D eigenvalue weighted by atomic mass is 10.1. The summed E-state index contributed by atoms with van der Waals surface area (Å²) in [5.41, 5.74) is 1.94. The van der Waals surface area contributed by atoms with Crippen LogP contribution in [0.5, 0.6) is 0 Å². The van der Waals surface area contributed by atoms with Gasteiger partial charge in [-0.15, -0.1) is 0 Å². The second-order valence-corrected chi connectivity index (χ2v) is 7.50. The number of pyridine rings is 1. The van der Waals surface area contributed by atoms with Crippen LogP contribution in [0.15, 0.2) is 54.7 Å². The zero-order valence-electron chi connectivity index (χ0n) is 16.7.